The Kier molecular flexibility index (Phi) is 6.45. The SMILES string of the molecule is CC(C)CC[C@@H](N)c1cccnc1F.Cl. The van der Waals surface area contributed by atoms with Gasteiger partial charge in [0.1, 0.15) is 0 Å². The van der Waals surface area contributed by atoms with Crippen LogP contribution in [0.3, 0.4) is 0 Å². The quantitative estimate of drug-likeness (QED) is 0.811. The van der Waals surface area contributed by atoms with E-state index in [4.69, 9.17) is 5.73 Å². The van der Waals surface area contributed by atoms with Crippen molar-refractivity contribution in [2.45, 2.75) is 32.7 Å². The van der Waals surface area contributed by atoms with Gasteiger partial charge in [-0.1, -0.05) is 19.9 Å². The van der Waals surface area contributed by atoms with E-state index < -0.39 is 5.95 Å². The number of halogens is 2. The summed E-state index contributed by atoms with van der Waals surface area (Å²) >= 11 is 0. The summed E-state index contributed by atoms with van der Waals surface area (Å²) in [7, 11) is 0. The number of rotatable bonds is 4. The number of nitrogens with zero attached hydrogens (tertiary/aromatic N) is 1. The molecule has 0 aromatic carbocycles. The molecule has 0 saturated heterocycles. The van der Waals surface area contributed by atoms with Crippen molar-refractivity contribution in [1.82, 2.24) is 4.98 Å². The second-order valence-corrected chi connectivity index (χ2v) is 3.96. The van der Waals surface area contributed by atoms with Crippen molar-refractivity contribution >= 4 is 12.4 Å². The summed E-state index contributed by atoms with van der Waals surface area (Å²) in [5, 5.41) is 0. The van der Waals surface area contributed by atoms with Crippen LogP contribution in [0, 0.1) is 11.9 Å². The van der Waals surface area contributed by atoms with Crippen molar-refractivity contribution in [3.05, 3.63) is 29.8 Å². The van der Waals surface area contributed by atoms with Gasteiger partial charge in [-0.2, -0.15) is 4.39 Å². The van der Waals surface area contributed by atoms with Gasteiger partial charge in [-0.05, 0) is 24.8 Å². The van der Waals surface area contributed by atoms with E-state index in [0.717, 1.165) is 12.8 Å². The van der Waals surface area contributed by atoms with Gasteiger partial charge in [0, 0.05) is 17.8 Å². The second kappa shape index (κ2) is 6.75. The Bertz CT molecular complexity index is 292. The lowest BCUT2D eigenvalue weighted by molar-refractivity contribution is 0.482. The van der Waals surface area contributed by atoms with Crippen molar-refractivity contribution in [3.63, 3.8) is 0 Å². The smallest absolute Gasteiger partial charge is 0.217 e. The van der Waals surface area contributed by atoms with E-state index in [9.17, 15) is 4.39 Å². The molecular weight excluding hydrogens is 215 g/mol. The number of nitrogens with two attached hydrogens (primary N) is 1. The van der Waals surface area contributed by atoms with Crippen LogP contribution in [-0.2, 0) is 0 Å². The highest BCUT2D eigenvalue weighted by atomic mass is 35.5. The van der Waals surface area contributed by atoms with Gasteiger partial charge in [0.25, 0.3) is 0 Å². The molecule has 15 heavy (non-hydrogen) atoms. The molecule has 0 amide bonds. The van der Waals surface area contributed by atoms with Crippen molar-refractivity contribution < 1.29 is 4.39 Å². The third kappa shape index (κ3) is 4.58. The number of hydrogen-bond acceptors (Lipinski definition) is 2. The standard InChI is InChI=1S/C11H17FN2.ClH/c1-8(2)5-6-10(13)9-4-3-7-14-11(9)12;/h3-4,7-8,10H,5-6,13H2,1-2H3;1H/t10-;/m1./s1. The molecule has 0 aliphatic heterocycles. The lowest BCUT2D eigenvalue weighted by Gasteiger charge is -2.13. The molecule has 2 N–H and O–H groups in total. The Hall–Kier alpha value is -0.670. The van der Waals surface area contributed by atoms with Gasteiger partial charge in [-0.3, -0.25) is 0 Å². The van der Waals surface area contributed by atoms with E-state index in [2.05, 4.69) is 18.8 Å². The fourth-order valence-corrected chi connectivity index (χ4v) is 1.34. The van der Waals surface area contributed by atoms with Crippen LogP contribution in [0.25, 0.3) is 0 Å². The summed E-state index contributed by atoms with van der Waals surface area (Å²) in [6, 6.07) is 3.19. The monoisotopic (exact) mass is 232 g/mol. The molecule has 1 aromatic heterocycles. The van der Waals surface area contributed by atoms with Gasteiger partial charge >= 0.3 is 0 Å². The van der Waals surface area contributed by atoms with E-state index >= 15 is 0 Å². The van der Waals surface area contributed by atoms with Gasteiger partial charge in [0.05, 0.1) is 0 Å². The Morgan fingerprint density at radius 2 is 2.07 bits per heavy atom. The molecule has 0 fully saturated rings. The van der Waals surface area contributed by atoms with Gasteiger partial charge in [-0.25, -0.2) is 4.98 Å². The largest absolute Gasteiger partial charge is 0.324 e. The minimum Gasteiger partial charge on any atom is -0.324 e. The van der Waals surface area contributed by atoms with E-state index in [1.54, 1.807) is 12.1 Å². The first-order chi connectivity index (χ1) is 6.61. The molecule has 0 radical (unpaired) electrons. The first-order valence-electron chi connectivity index (χ1n) is 4.97. The number of hydrogen-bond donors (Lipinski definition) is 1. The lowest BCUT2D eigenvalue weighted by atomic mass is 9.99. The van der Waals surface area contributed by atoms with Crippen molar-refractivity contribution in [1.29, 1.82) is 0 Å². The molecule has 1 rings (SSSR count). The van der Waals surface area contributed by atoms with Crippen molar-refractivity contribution in [2.75, 3.05) is 0 Å². The molecule has 1 atom stereocenters. The normalized spacial score (nSPS) is 12.3. The third-order valence-electron chi connectivity index (χ3n) is 2.24. The van der Waals surface area contributed by atoms with Crippen molar-refractivity contribution in [3.8, 4) is 0 Å². The first kappa shape index (κ1) is 14.3. The minimum absolute atomic E-state index is 0. The van der Waals surface area contributed by atoms with Crippen LogP contribution in [0.15, 0.2) is 18.3 Å². The van der Waals surface area contributed by atoms with E-state index in [1.807, 2.05) is 0 Å². The zero-order valence-electron chi connectivity index (χ0n) is 9.11. The molecule has 0 bridgehead atoms. The van der Waals surface area contributed by atoms with Gasteiger partial charge in [0.2, 0.25) is 5.95 Å². The number of aromatic nitrogens is 1. The van der Waals surface area contributed by atoms with Crippen LogP contribution in [0.2, 0.25) is 0 Å². The first-order valence-corrected chi connectivity index (χ1v) is 4.97. The molecule has 0 aliphatic carbocycles. The summed E-state index contributed by atoms with van der Waals surface area (Å²) in [4.78, 5) is 3.58. The van der Waals surface area contributed by atoms with Crippen LogP contribution in [0.4, 0.5) is 4.39 Å². The molecule has 86 valence electrons. The molecule has 1 heterocycles. The summed E-state index contributed by atoms with van der Waals surface area (Å²) < 4.78 is 13.2. The molecule has 0 unspecified atom stereocenters. The maximum absolute atomic E-state index is 13.2. The maximum Gasteiger partial charge on any atom is 0.217 e. The van der Waals surface area contributed by atoms with E-state index in [0.29, 0.717) is 11.5 Å². The third-order valence-corrected chi connectivity index (χ3v) is 2.24. The molecule has 0 aliphatic rings. The Morgan fingerprint density at radius 1 is 1.40 bits per heavy atom. The van der Waals surface area contributed by atoms with Crippen LogP contribution in [-0.4, -0.2) is 4.98 Å². The van der Waals surface area contributed by atoms with Gasteiger partial charge < -0.3 is 5.73 Å². The zero-order valence-corrected chi connectivity index (χ0v) is 9.93. The molecular formula is C11H18ClFN2. The lowest BCUT2D eigenvalue weighted by Crippen LogP contribution is -2.13. The van der Waals surface area contributed by atoms with Crippen molar-refractivity contribution in [2.24, 2.45) is 11.7 Å². The molecule has 0 spiro atoms. The molecule has 4 heteroatoms. The van der Waals surface area contributed by atoms with E-state index in [-0.39, 0.29) is 18.4 Å². The summed E-state index contributed by atoms with van der Waals surface area (Å²) in [6.07, 6.45) is 3.25. The fraction of sp³-hybridized carbons (Fsp3) is 0.545. The second-order valence-electron chi connectivity index (χ2n) is 3.96. The highest BCUT2D eigenvalue weighted by Gasteiger charge is 2.11. The highest BCUT2D eigenvalue weighted by molar-refractivity contribution is 5.85. The Balaban J connectivity index is 0.00000196. The average Bonchev–Trinajstić information content (AvgIpc) is 2.15. The molecule has 1 aromatic rings. The molecule has 2 nitrogen and oxygen atoms in total. The summed E-state index contributed by atoms with van der Waals surface area (Å²) in [6.45, 7) is 4.26. The van der Waals surface area contributed by atoms with Crippen LogP contribution < -0.4 is 5.73 Å². The summed E-state index contributed by atoms with van der Waals surface area (Å²) in [5.74, 6) is 0.157. The predicted octanol–water partition coefficient (Wildman–Crippen LogP) is 3.08. The maximum atomic E-state index is 13.2. The minimum atomic E-state index is -0.441. The van der Waals surface area contributed by atoms with Crippen LogP contribution >= 0.6 is 12.4 Å². The van der Waals surface area contributed by atoms with Crippen LogP contribution in [0.5, 0.6) is 0 Å². The Morgan fingerprint density at radius 3 is 2.60 bits per heavy atom. The topological polar surface area (TPSA) is 38.9 Å². The highest BCUT2D eigenvalue weighted by Crippen LogP contribution is 2.19. The summed E-state index contributed by atoms with van der Waals surface area (Å²) in [5.41, 5.74) is 6.39. The van der Waals surface area contributed by atoms with Crippen LogP contribution in [0.1, 0.15) is 38.3 Å². The zero-order chi connectivity index (χ0) is 10.6. The van der Waals surface area contributed by atoms with Gasteiger partial charge in [-0.15, -0.1) is 12.4 Å². The number of pyridine rings is 1. The van der Waals surface area contributed by atoms with E-state index in [1.165, 1.54) is 6.20 Å². The van der Waals surface area contributed by atoms with Gasteiger partial charge in [0.15, 0.2) is 0 Å². The average molecular weight is 233 g/mol. The Labute approximate surface area is 96.5 Å². The fourth-order valence-electron chi connectivity index (χ4n) is 1.34. The molecule has 0 saturated carbocycles. The predicted molar refractivity (Wildman–Crippen MR) is 62.4 cm³/mol.